The summed E-state index contributed by atoms with van der Waals surface area (Å²) in [7, 11) is 0. The second kappa shape index (κ2) is 3.84. The smallest absolute Gasteiger partial charge is 0.139 e. The van der Waals surface area contributed by atoms with Crippen LogP contribution in [-0.4, -0.2) is 5.11 Å². The molecule has 1 unspecified atom stereocenters. The molecule has 1 saturated carbocycles. The Morgan fingerprint density at radius 3 is 2.47 bits per heavy atom. The molecule has 2 rings (SSSR count). The van der Waals surface area contributed by atoms with Gasteiger partial charge in [-0.1, -0.05) is 31.0 Å². The molecule has 0 radical (unpaired) electrons. The van der Waals surface area contributed by atoms with Crippen molar-refractivity contribution >= 4 is 0 Å². The van der Waals surface area contributed by atoms with E-state index in [1.165, 1.54) is 0 Å². The van der Waals surface area contributed by atoms with E-state index in [0.29, 0.717) is 5.56 Å². The highest BCUT2D eigenvalue weighted by Gasteiger charge is 2.39. The molecule has 1 aromatic carbocycles. The van der Waals surface area contributed by atoms with Crippen LogP contribution >= 0.6 is 0 Å². The maximum absolute atomic E-state index is 14.6. The first-order chi connectivity index (χ1) is 7.12. The van der Waals surface area contributed by atoms with Crippen LogP contribution in [0, 0.1) is 5.92 Å². The Labute approximate surface area is 89.9 Å². The Morgan fingerprint density at radius 2 is 1.87 bits per heavy atom. The van der Waals surface area contributed by atoms with Crippen molar-refractivity contribution < 1.29 is 9.50 Å². The molecular formula is C13H17FO. The molecule has 2 heteroatoms. The number of hydrogen-bond acceptors (Lipinski definition) is 1. The van der Waals surface area contributed by atoms with Crippen molar-refractivity contribution in [1.29, 1.82) is 0 Å². The van der Waals surface area contributed by atoms with Crippen LogP contribution in [0.15, 0.2) is 24.3 Å². The Hall–Kier alpha value is -1.05. The minimum atomic E-state index is -1.39. The van der Waals surface area contributed by atoms with Crippen molar-refractivity contribution in [2.24, 2.45) is 5.92 Å². The monoisotopic (exact) mass is 208 g/mol. The van der Waals surface area contributed by atoms with E-state index in [9.17, 15) is 9.50 Å². The van der Waals surface area contributed by atoms with Gasteiger partial charge in [-0.25, -0.2) is 4.39 Å². The second-order valence-electron chi connectivity index (χ2n) is 4.57. The number of alkyl halides is 1. The van der Waals surface area contributed by atoms with Gasteiger partial charge in [0.25, 0.3) is 0 Å². The fraction of sp³-hybridized carbons (Fsp3) is 0.538. The zero-order valence-electron chi connectivity index (χ0n) is 9.04. The van der Waals surface area contributed by atoms with E-state index in [-0.39, 0.29) is 11.7 Å². The number of rotatable bonds is 2. The number of aromatic hydroxyl groups is 1. The van der Waals surface area contributed by atoms with Crippen molar-refractivity contribution in [1.82, 2.24) is 0 Å². The van der Waals surface area contributed by atoms with E-state index in [1.807, 2.05) is 0 Å². The maximum Gasteiger partial charge on any atom is 0.139 e. The van der Waals surface area contributed by atoms with Gasteiger partial charge >= 0.3 is 0 Å². The summed E-state index contributed by atoms with van der Waals surface area (Å²) in [5, 5.41) is 9.67. The molecule has 0 saturated heterocycles. The molecule has 0 aliphatic heterocycles. The summed E-state index contributed by atoms with van der Waals surface area (Å²) in [5.74, 6) is 0.139. The first-order valence-electron chi connectivity index (χ1n) is 5.60. The summed E-state index contributed by atoms with van der Waals surface area (Å²) < 4.78 is 14.6. The number of phenolic OH excluding ortho intramolecular Hbond substituents is 1. The predicted octanol–water partition coefficient (Wildman–Crippen LogP) is 3.77. The third kappa shape index (κ3) is 1.85. The first-order valence-corrected chi connectivity index (χ1v) is 5.60. The van der Waals surface area contributed by atoms with Crippen LogP contribution in [0.5, 0.6) is 5.75 Å². The van der Waals surface area contributed by atoms with E-state index >= 15 is 0 Å². The largest absolute Gasteiger partial charge is 0.508 e. The van der Waals surface area contributed by atoms with Crippen molar-refractivity contribution in [2.75, 3.05) is 0 Å². The van der Waals surface area contributed by atoms with Gasteiger partial charge in [-0.2, -0.15) is 0 Å². The van der Waals surface area contributed by atoms with Gasteiger partial charge in [0.1, 0.15) is 11.4 Å². The summed E-state index contributed by atoms with van der Waals surface area (Å²) in [6, 6.07) is 6.75. The number of phenols is 1. The lowest BCUT2D eigenvalue weighted by molar-refractivity contribution is 0.101. The highest BCUT2D eigenvalue weighted by Crippen LogP contribution is 2.45. The topological polar surface area (TPSA) is 20.2 Å². The molecule has 1 aliphatic carbocycles. The molecule has 1 N–H and O–H groups in total. The molecule has 1 nitrogen and oxygen atoms in total. The van der Waals surface area contributed by atoms with E-state index in [2.05, 4.69) is 0 Å². The zero-order chi connectivity index (χ0) is 10.9. The Bertz CT molecular complexity index is 340. The number of halogens is 1. The molecule has 1 fully saturated rings. The molecule has 0 amide bonds. The minimum Gasteiger partial charge on any atom is -0.508 e. The average molecular weight is 208 g/mol. The molecular weight excluding hydrogens is 191 g/mol. The van der Waals surface area contributed by atoms with Gasteiger partial charge in [0.2, 0.25) is 0 Å². The first kappa shape index (κ1) is 10.5. The van der Waals surface area contributed by atoms with E-state index < -0.39 is 5.67 Å². The van der Waals surface area contributed by atoms with E-state index in [1.54, 1.807) is 31.2 Å². The van der Waals surface area contributed by atoms with Crippen LogP contribution in [0.4, 0.5) is 4.39 Å². The average Bonchev–Trinajstić information content (AvgIpc) is 2.71. The number of para-hydroxylation sites is 1. The fourth-order valence-electron chi connectivity index (χ4n) is 2.57. The van der Waals surface area contributed by atoms with Gasteiger partial charge < -0.3 is 5.11 Å². The molecule has 1 atom stereocenters. The predicted molar refractivity (Wildman–Crippen MR) is 58.5 cm³/mol. The molecule has 0 spiro atoms. The lowest BCUT2D eigenvalue weighted by atomic mass is 9.83. The molecule has 0 aromatic heterocycles. The Morgan fingerprint density at radius 1 is 1.27 bits per heavy atom. The molecule has 1 aliphatic rings. The molecule has 15 heavy (non-hydrogen) atoms. The standard InChI is InChI=1S/C13H17FO/c1-13(14,10-6-2-3-7-10)11-8-4-5-9-12(11)15/h4-5,8-10,15H,2-3,6-7H2,1H3. The SMILES string of the molecule is CC(F)(c1ccccc1O)C1CCCC1. The summed E-state index contributed by atoms with van der Waals surface area (Å²) in [4.78, 5) is 0. The van der Waals surface area contributed by atoms with Gasteiger partial charge in [0.05, 0.1) is 0 Å². The van der Waals surface area contributed by atoms with E-state index in [4.69, 9.17) is 0 Å². The molecule has 0 heterocycles. The van der Waals surface area contributed by atoms with Gasteiger partial charge in [0, 0.05) is 5.56 Å². The number of hydrogen-bond donors (Lipinski definition) is 1. The quantitative estimate of drug-likeness (QED) is 0.784. The molecule has 82 valence electrons. The van der Waals surface area contributed by atoms with Crippen LogP contribution in [0.25, 0.3) is 0 Å². The highest BCUT2D eigenvalue weighted by molar-refractivity contribution is 5.37. The lowest BCUT2D eigenvalue weighted by Crippen LogP contribution is -2.25. The van der Waals surface area contributed by atoms with Gasteiger partial charge in [-0.05, 0) is 31.7 Å². The van der Waals surface area contributed by atoms with Gasteiger partial charge in [0.15, 0.2) is 0 Å². The summed E-state index contributed by atoms with van der Waals surface area (Å²) in [5.41, 5.74) is -0.945. The Kier molecular flexibility index (Phi) is 2.68. The van der Waals surface area contributed by atoms with Gasteiger partial charge in [-0.15, -0.1) is 0 Å². The van der Waals surface area contributed by atoms with E-state index in [0.717, 1.165) is 25.7 Å². The van der Waals surface area contributed by atoms with Crippen molar-refractivity contribution in [3.63, 3.8) is 0 Å². The summed E-state index contributed by atoms with van der Waals surface area (Å²) >= 11 is 0. The maximum atomic E-state index is 14.6. The fourth-order valence-corrected chi connectivity index (χ4v) is 2.57. The zero-order valence-corrected chi connectivity index (χ0v) is 9.04. The van der Waals surface area contributed by atoms with Crippen LogP contribution < -0.4 is 0 Å². The summed E-state index contributed by atoms with van der Waals surface area (Å²) in [6.07, 6.45) is 4.08. The van der Waals surface area contributed by atoms with Crippen LogP contribution in [-0.2, 0) is 5.67 Å². The minimum absolute atomic E-state index is 0.0609. The second-order valence-corrected chi connectivity index (χ2v) is 4.57. The van der Waals surface area contributed by atoms with Crippen molar-refractivity contribution in [3.8, 4) is 5.75 Å². The van der Waals surface area contributed by atoms with Crippen LogP contribution in [0.2, 0.25) is 0 Å². The molecule has 0 bridgehead atoms. The summed E-state index contributed by atoms with van der Waals surface area (Å²) in [6.45, 7) is 1.60. The lowest BCUT2D eigenvalue weighted by Gasteiger charge is -2.28. The Balaban J connectivity index is 2.31. The van der Waals surface area contributed by atoms with Crippen molar-refractivity contribution in [2.45, 2.75) is 38.3 Å². The highest BCUT2D eigenvalue weighted by atomic mass is 19.1. The van der Waals surface area contributed by atoms with Gasteiger partial charge in [-0.3, -0.25) is 0 Å². The molecule has 1 aromatic rings. The number of benzene rings is 1. The normalized spacial score (nSPS) is 21.5. The van der Waals surface area contributed by atoms with Crippen molar-refractivity contribution in [3.05, 3.63) is 29.8 Å². The van der Waals surface area contributed by atoms with Crippen LogP contribution in [0.1, 0.15) is 38.2 Å². The third-order valence-corrected chi connectivity index (χ3v) is 3.55. The third-order valence-electron chi connectivity index (χ3n) is 3.55. The van der Waals surface area contributed by atoms with Crippen LogP contribution in [0.3, 0.4) is 0 Å².